The Bertz CT molecular complexity index is 489. The number of carboxylic acid groups (broad SMARTS) is 1. The lowest BCUT2D eigenvalue weighted by atomic mass is 10.2. The monoisotopic (exact) mass is 223 g/mol. The van der Waals surface area contributed by atoms with Crippen LogP contribution in [-0.4, -0.2) is 25.8 Å². The van der Waals surface area contributed by atoms with Crippen molar-refractivity contribution in [2.24, 2.45) is 0 Å². The minimum atomic E-state index is -0.933. The number of hydrogen-bond donors (Lipinski definition) is 1. The minimum Gasteiger partial charge on any atom is -0.478 e. The molecule has 0 saturated carbocycles. The van der Waals surface area contributed by atoms with Crippen molar-refractivity contribution < 1.29 is 9.90 Å². The molecule has 0 aliphatic heterocycles. The molecule has 0 atom stereocenters. The maximum Gasteiger partial charge on any atom is 0.337 e. The Balaban J connectivity index is 2.54. The molecule has 0 radical (unpaired) electrons. The zero-order valence-electron chi connectivity index (χ0n) is 8.04. The Morgan fingerprint density at radius 1 is 1.60 bits per heavy atom. The predicted octanol–water partition coefficient (Wildman–Crippen LogP) is 1.72. The van der Waals surface area contributed by atoms with E-state index in [1.807, 2.05) is 6.92 Å². The van der Waals surface area contributed by atoms with Gasteiger partial charge in [0.1, 0.15) is 6.33 Å². The van der Waals surface area contributed by atoms with Crippen LogP contribution in [0.15, 0.2) is 17.1 Å². The van der Waals surface area contributed by atoms with Gasteiger partial charge in [-0.15, -0.1) is 0 Å². The smallest absolute Gasteiger partial charge is 0.337 e. The van der Waals surface area contributed by atoms with E-state index in [2.05, 4.69) is 10.1 Å². The first-order valence-corrected chi connectivity index (χ1v) is 5.36. The molecule has 1 N–H and O–H groups in total. The van der Waals surface area contributed by atoms with Crippen LogP contribution < -0.4 is 0 Å². The molecule has 0 bridgehead atoms. The van der Waals surface area contributed by atoms with E-state index in [1.54, 1.807) is 15.4 Å². The molecule has 6 heteroatoms. The quantitative estimate of drug-likeness (QED) is 0.860. The highest BCUT2D eigenvalue weighted by Crippen LogP contribution is 2.25. The van der Waals surface area contributed by atoms with Gasteiger partial charge in [0.25, 0.3) is 0 Å². The molecule has 15 heavy (non-hydrogen) atoms. The van der Waals surface area contributed by atoms with E-state index in [0.29, 0.717) is 17.9 Å². The van der Waals surface area contributed by atoms with Gasteiger partial charge in [-0.25, -0.2) is 14.5 Å². The molecule has 2 aromatic rings. The van der Waals surface area contributed by atoms with Crippen molar-refractivity contribution in [3.8, 4) is 11.4 Å². The molecule has 5 nitrogen and oxygen atoms in total. The van der Waals surface area contributed by atoms with E-state index < -0.39 is 5.97 Å². The molecule has 0 spiro atoms. The number of nitrogens with zero attached hydrogens (tertiary/aromatic N) is 3. The normalized spacial score (nSPS) is 10.5. The van der Waals surface area contributed by atoms with Gasteiger partial charge >= 0.3 is 5.97 Å². The Hall–Kier alpha value is -1.69. The van der Waals surface area contributed by atoms with Crippen molar-refractivity contribution in [3.05, 3.63) is 22.7 Å². The van der Waals surface area contributed by atoms with Crippen molar-refractivity contribution in [3.63, 3.8) is 0 Å². The summed E-state index contributed by atoms with van der Waals surface area (Å²) in [5, 5.41) is 16.4. The molecule has 0 unspecified atom stereocenters. The molecule has 0 aromatic carbocycles. The van der Waals surface area contributed by atoms with Gasteiger partial charge in [0.15, 0.2) is 5.82 Å². The van der Waals surface area contributed by atoms with E-state index in [1.165, 1.54) is 17.7 Å². The van der Waals surface area contributed by atoms with Crippen molar-refractivity contribution in [1.82, 2.24) is 14.8 Å². The lowest BCUT2D eigenvalue weighted by molar-refractivity contribution is 0.0698. The third-order valence-corrected chi connectivity index (χ3v) is 2.79. The third kappa shape index (κ3) is 1.63. The van der Waals surface area contributed by atoms with Crippen LogP contribution in [-0.2, 0) is 6.54 Å². The number of aromatic carboxylic acids is 1. The fourth-order valence-corrected chi connectivity index (χ4v) is 2.14. The second-order valence-electron chi connectivity index (χ2n) is 2.90. The summed E-state index contributed by atoms with van der Waals surface area (Å²) in [5.41, 5.74) is 0.912. The average Bonchev–Trinajstić information content (AvgIpc) is 2.85. The van der Waals surface area contributed by atoms with E-state index in [4.69, 9.17) is 5.11 Å². The van der Waals surface area contributed by atoms with Crippen LogP contribution in [0.5, 0.6) is 0 Å². The molecule has 0 fully saturated rings. The second-order valence-corrected chi connectivity index (χ2v) is 3.65. The maximum absolute atomic E-state index is 10.9. The summed E-state index contributed by atoms with van der Waals surface area (Å²) in [6, 6.07) is 0. The second kappa shape index (κ2) is 3.82. The highest BCUT2D eigenvalue weighted by atomic mass is 32.1. The Labute approximate surface area is 90.0 Å². The van der Waals surface area contributed by atoms with Crippen LogP contribution in [0, 0.1) is 0 Å². The number of carbonyl (C=O) groups is 1. The predicted molar refractivity (Wildman–Crippen MR) is 56.0 cm³/mol. The summed E-state index contributed by atoms with van der Waals surface area (Å²) in [6.45, 7) is 2.61. The molecule has 2 rings (SSSR count). The standard InChI is InChI=1S/C9H9N3O2S/c1-2-12-8(10-5-11-12)6-3-15-4-7(6)9(13)14/h3-5H,2H2,1H3,(H,13,14). The van der Waals surface area contributed by atoms with Gasteiger partial charge in [-0.2, -0.15) is 16.4 Å². The molecule has 2 aromatic heterocycles. The summed E-state index contributed by atoms with van der Waals surface area (Å²) in [4.78, 5) is 15.0. The Morgan fingerprint density at radius 3 is 3.07 bits per heavy atom. The number of aryl methyl sites for hydroxylation is 1. The summed E-state index contributed by atoms with van der Waals surface area (Å²) in [6.07, 6.45) is 1.43. The average molecular weight is 223 g/mol. The minimum absolute atomic E-state index is 0.280. The SMILES string of the molecule is CCn1ncnc1-c1cscc1C(=O)O. The topological polar surface area (TPSA) is 68.0 Å². The Morgan fingerprint density at radius 2 is 2.40 bits per heavy atom. The fourth-order valence-electron chi connectivity index (χ4n) is 1.34. The zero-order valence-corrected chi connectivity index (χ0v) is 8.86. The molecule has 0 saturated heterocycles. The fraction of sp³-hybridized carbons (Fsp3) is 0.222. The van der Waals surface area contributed by atoms with Crippen LogP contribution in [0.25, 0.3) is 11.4 Å². The highest BCUT2D eigenvalue weighted by molar-refractivity contribution is 7.08. The maximum atomic E-state index is 10.9. The number of hydrogen-bond acceptors (Lipinski definition) is 4. The molecule has 0 amide bonds. The van der Waals surface area contributed by atoms with Gasteiger partial charge in [0, 0.05) is 22.9 Å². The first kappa shape index (κ1) is 9.85. The first-order chi connectivity index (χ1) is 7.24. The van der Waals surface area contributed by atoms with Gasteiger partial charge in [-0.1, -0.05) is 0 Å². The number of rotatable bonds is 3. The first-order valence-electron chi connectivity index (χ1n) is 4.41. The lowest BCUT2D eigenvalue weighted by Gasteiger charge is -2.01. The molecule has 78 valence electrons. The summed E-state index contributed by atoms with van der Waals surface area (Å²) in [7, 11) is 0. The van der Waals surface area contributed by atoms with Gasteiger partial charge in [-0.3, -0.25) is 0 Å². The van der Waals surface area contributed by atoms with Crippen LogP contribution >= 0.6 is 11.3 Å². The van der Waals surface area contributed by atoms with Crippen molar-refractivity contribution >= 4 is 17.3 Å². The number of thiophene rings is 1. The zero-order chi connectivity index (χ0) is 10.8. The Kier molecular flexibility index (Phi) is 2.51. The van der Waals surface area contributed by atoms with Gasteiger partial charge in [-0.05, 0) is 6.92 Å². The number of carboxylic acids is 1. The van der Waals surface area contributed by atoms with E-state index in [9.17, 15) is 4.79 Å². The van der Waals surface area contributed by atoms with Crippen LogP contribution in [0.3, 0.4) is 0 Å². The summed E-state index contributed by atoms with van der Waals surface area (Å²) < 4.78 is 1.68. The number of aromatic nitrogens is 3. The van der Waals surface area contributed by atoms with Crippen LogP contribution in [0.2, 0.25) is 0 Å². The molecule has 2 heterocycles. The van der Waals surface area contributed by atoms with E-state index in [0.717, 1.165) is 0 Å². The van der Waals surface area contributed by atoms with E-state index >= 15 is 0 Å². The molecular formula is C9H9N3O2S. The van der Waals surface area contributed by atoms with Crippen LogP contribution in [0.1, 0.15) is 17.3 Å². The van der Waals surface area contributed by atoms with Gasteiger partial charge in [0.2, 0.25) is 0 Å². The summed E-state index contributed by atoms with van der Waals surface area (Å²) in [5.74, 6) is -0.326. The van der Waals surface area contributed by atoms with Crippen molar-refractivity contribution in [1.29, 1.82) is 0 Å². The molecule has 0 aliphatic rings. The third-order valence-electron chi connectivity index (χ3n) is 2.05. The largest absolute Gasteiger partial charge is 0.478 e. The highest BCUT2D eigenvalue weighted by Gasteiger charge is 2.16. The lowest BCUT2D eigenvalue weighted by Crippen LogP contribution is -2.02. The van der Waals surface area contributed by atoms with Crippen molar-refractivity contribution in [2.45, 2.75) is 13.5 Å². The summed E-state index contributed by atoms with van der Waals surface area (Å²) >= 11 is 1.35. The van der Waals surface area contributed by atoms with Crippen molar-refractivity contribution in [2.75, 3.05) is 0 Å². The van der Waals surface area contributed by atoms with Gasteiger partial charge < -0.3 is 5.11 Å². The van der Waals surface area contributed by atoms with Crippen LogP contribution in [0.4, 0.5) is 0 Å². The molecular weight excluding hydrogens is 214 g/mol. The van der Waals surface area contributed by atoms with Gasteiger partial charge in [0.05, 0.1) is 5.56 Å². The molecule has 0 aliphatic carbocycles. The van der Waals surface area contributed by atoms with E-state index in [-0.39, 0.29) is 5.56 Å².